The maximum Gasteiger partial charge on any atom is 0.287 e. The van der Waals surface area contributed by atoms with Crippen LogP contribution in [0.2, 0.25) is 0 Å². The zero-order valence-electron chi connectivity index (χ0n) is 13.1. The third-order valence-corrected chi connectivity index (χ3v) is 4.49. The van der Waals surface area contributed by atoms with Crippen LogP contribution in [0.1, 0.15) is 16.0 Å². The Morgan fingerprint density at radius 3 is 2.79 bits per heavy atom. The van der Waals surface area contributed by atoms with E-state index in [9.17, 15) is 19.7 Å². The summed E-state index contributed by atoms with van der Waals surface area (Å²) in [5.41, 5.74) is -0.430. The van der Waals surface area contributed by atoms with Crippen LogP contribution < -0.4 is 5.56 Å². The summed E-state index contributed by atoms with van der Waals surface area (Å²) < 4.78 is 0.900. The minimum absolute atomic E-state index is 0.365. The number of aryl methyl sites for hydroxylation is 1. The van der Waals surface area contributed by atoms with Gasteiger partial charge in [-0.1, -0.05) is 0 Å². The first-order chi connectivity index (χ1) is 11.3. The molecule has 8 nitrogen and oxygen atoms in total. The maximum atomic E-state index is 12.3. The molecule has 0 fully saturated rings. The molecule has 0 spiro atoms. The van der Waals surface area contributed by atoms with Gasteiger partial charge in [-0.25, -0.2) is 0 Å². The van der Waals surface area contributed by atoms with Gasteiger partial charge < -0.3 is 4.90 Å². The van der Waals surface area contributed by atoms with Crippen LogP contribution in [0.4, 0.5) is 5.69 Å². The van der Waals surface area contributed by atoms with E-state index < -0.39 is 16.2 Å². The molecule has 2 rings (SSSR count). The van der Waals surface area contributed by atoms with Crippen LogP contribution in [0.5, 0.6) is 0 Å². The summed E-state index contributed by atoms with van der Waals surface area (Å²) in [7, 11) is 1.59. The van der Waals surface area contributed by atoms with Crippen molar-refractivity contribution in [3.05, 3.63) is 60.2 Å². The van der Waals surface area contributed by atoms with Crippen molar-refractivity contribution in [2.24, 2.45) is 0 Å². The number of likely N-dealkylation sites (N-methyl/N-ethyl adjacent to an activating group) is 1. The van der Waals surface area contributed by atoms with Gasteiger partial charge in [-0.3, -0.25) is 24.3 Å². The van der Waals surface area contributed by atoms with E-state index in [0.717, 1.165) is 27.3 Å². The molecular formula is C15H14N4O4S. The molecule has 0 atom stereocenters. The van der Waals surface area contributed by atoms with Gasteiger partial charge in [0.25, 0.3) is 11.2 Å². The number of nitro groups is 1. The lowest BCUT2D eigenvalue weighted by Crippen LogP contribution is -2.34. The first-order valence-corrected chi connectivity index (χ1v) is 7.77. The van der Waals surface area contributed by atoms with E-state index >= 15 is 0 Å². The van der Waals surface area contributed by atoms with Gasteiger partial charge in [0, 0.05) is 18.0 Å². The fourth-order valence-electron chi connectivity index (χ4n) is 2.05. The van der Waals surface area contributed by atoms with Crippen molar-refractivity contribution in [1.82, 2.24) is 9.47 Å². The molecule has 0 aliphatic rings. The van der Waals surface area contributed by atoms with Crippen molar-refractivity contribution in [3.8, 4) is 6.07 Å². The highest BCUT2D eigenvalue weighted by Gasteiger charge is 2.18. The SMILES string of the molecule is Cc1ccsc1CN(C)C(=O)Cn1cc([N+](=O)[O-])cc(C#N)c1=O. The van der Waals surface area contributed by atoms with Crippen LogP contribution in [-0.4, -0.2) is 27.3 Å². The summed E-state index contributed by atoms with van der Waals surface area (Å²) >= 11 is 1.52. The molecule has 0 bridgehead atoms. The van der Waals surface area contributed by atoms with Crippen molar-refractivity contribution in [1.29, 1.82) is 5.26 Å². The molecule has 24 heavy (non-hydrogen) atoms. The molecule has 0 aliphatic heterocycles. The Balaban J connectivity index is 2.24. The summed E-state index contributed by atoms with van der Waals surface area (Å²) in [5.74, 6) is -0.380. The molecule has 2 aromatic rings. The smallest absolute Gasteiger partial charge is 0.287 e. The molecule has 0 saturated heterocycles. The number of nitriles is 1. The Morgan fingerprint density at radius 1 is 1.54 bits per heavy atom. The van der Waals surface area contributed by atoms with E-state index in [1.54, 1.807) is 13.1 Å². The van der Waals surface area contributed by atoms with Crippen LogP contribution >= 0.6 is 11.3 Å². The van der Waals surface area contributed by atoms with Gasteiger partial charge in [0.2, 0.25) is 5.91 Å². The maximum absolute atomic E-state index is 12.3. The highest BCUT2D eigenvalue weighted by atomic mass is 32.1. The zero-order valence-corrected chi connectivity index (χ0v) is 13.9. The predicted molar refractivity (Wildman–Crippen MR) is 87.6 cm³/mol. The van der Waals surface area contributed by atoms with E-state index in [-0.39, 0.29) is 18.0 Å². The fourth-order valence-corrected chi connectivity index (χ4v) is 3.01. The van der Waals surface area contributed by atoms with Crippen molar-refractivity contribution in [2.45, 2.75) is 20.0 Å². The highest BCUT2D eigenvalue weighted by Crippen LogP contribution is 2.17. The molecule has 0 aromatic carbocycles. The van der Waals surface area contributed by atoms with Crippen LogP contribution in [0, 0.1) is 28.4 Å². The van der Waals surface area contributed by atoms with E-state index in [2.05, 4.69) is 0 Å². The minimum atomic E-state index is -0.725. The van der Waals surface area contributed by atoms with Crippen LogP contribution in [0.3, 0.4) is 0 Å². The lowest BCUT2D eigenvalue weighted by molar-refractivity contribution is -0.385. The second-order valence-corrected chi connectivity index (χ2v) is 6.19. The summed E-state index contributed by atoms with van der Waals surface area (Å²) in [4.78, 5) is 37.0. The number of hydrogen-bond donors (Lipinski definition) is 0. The largest absolute Gasteiger partial charge is 0.339 e. The number of hydrogen-bond acceptors (Lipinski definition) is 6. The number of amides is 1. The van der Waals surface area contributed by atoms with Gasteiger partial charge in [0.1, 0.15) is 18.2 Å². The third-order valence-electron chi connectivity index (χ3n) is 3.48. The molecule has 0 N–H and O–H groups in total. The summed E-state index contributed by atoms with van der Waals surface area (Å²) in [6, 6.07) is 4.47. The zero-order chi connectivity index (χ0) is 17.9. The summed E-state index contributed by atoms with van der Waals surface area (Å²) in [6.45, 7) is 1.96. The number of nitrogens with zero attached hydrogens (tertiary/aromatic N) is 4. The Labute approximate surface area is 141 Å². The number of carbonyl (C=O) groups is 1. The van der Waals surface area contributed by atoms with Crippen LogP contribution in [0.15, 0.2) is 28.5 Å². The van der Waals surface area contributed by atoms with Crippen molar-refractivity contribution >= 4 is 22.9 Å². The molecule has 0 saturated carbocycles. The lowest BCUT2D eigenvalue weighted by Gasteiger charge is -2.17. The Hall–Kier alpha value is -2.99. The highest BCUT2D eigenvalue weighted by molar-refractivity contribution is 7.10. The molecule has 0 unspecified atom stereocenters. The fraction of sp³-hybridized carbons (Fsp3) is 0.267. The minimum Gasteiger partial charge on any atom is -0.339 e. The number of pyridine rings is 1. The first-order valence-electron chi connectivity index (χ1n) is 6.89. The normalized spacial score (nSPS) is 10.2. The topological polar surface area (TPSA) is 109 Å². The van der Waals surface area contributed by atoms with Gasteiger partial charge in [-0.15, -0.1) is 11.3 Å². The second-order valence-electron chi connectivity index (χ2n) is 5.19. The summed E-state index contributed by atoms with van der Waals surface area (Å²) in [5, 5.41) is 21.7. The average Bonchev–Trinajstić information content (AvgIpc) is 2.93. The van der Waals surface area contributed by atoms with Gasteiger partial charge >= 0.3 is 0 Å². The quantitative estimate of drug-likeness (QED) is 0.604. The second kappa shape index (κ2) is 7.06. The van der Waals surface area contributed by atoms with Gasteiger partial charge in [0.15, 0.2) is 0 Å². The van der Waals surface area contributed by atoms with Crippen molar-refractivity contribution < 1.29 is 9.72 Å². The Bertz CT molecular complexity index is 894. The van der Waals surface area contributed by atoms with Crippen molar-refractivity contribution in [3.63, 3.8) is 0 Å². The van der Waals surface area contributed by atoms with Crippen LogP contribution in [0.25, 0.3) is 0 Å². The van der Waals surface area contributed by atoms with E-state index in [1.165, 1.54) is 16.2 Å². The number of rotatable bonds is 5. The Kier molecular flexibility index (Phi) is 5.11. The monoisotopic (exact) mass is 346 g/mol. The van der Waals surface area contributed by atoms with E-state index in [1.807, 2.05) is 18.4 Å². The predicted octanol–water partition coefficient (Wildman–Crippen LogP) is 1.66. The molecule has 9 heteroatoms. The molecule has 124 valence electrons. The molecule has 2 heterocycles. The third kappa shape index (κ3) is 3.67. The lowest BCUT2D eigenvalue weighted by atomic mass is 10.2. The average molecular weight is 346 g/mol. The molecule has 2 aromatic heterocycles. The van der Waals surface area contributed by atoms with Gasteiger partial charge in [-0.05, 0) is 23.9 Å². The molecule has 1 amide bonds. The molecule has 0 radical (unpaired) electrons. The number of aromatic nitrogens is 1. The summed E-state index contributed by atoms with van der Waals surface area (Å²) in [6.07, 6.45) is 0.977. The Morgan fingerprint density at radius 2 is 2.25 bits per heavy atom. The first kappa shape index (κ1) is 17.4. The number of carbonyl (C=O) groups excluding carboxylic acids is 1. The van der Waals surface area contributed by atoms with E-state index in [4.69, 9.17) is 5.26 Å². The number of thiophene rings is 1. The standard InChI is InChI=1S/C15H14N4O4S/c1-10-3-4-24-13(10)8-17(2)14(20)9-18-7-12(19(22)23)5-11(6-16)15(18)21/h3-5,7H,8-9H2,1-2H3. The van der Waals surface area contributed by atoms with Gasteiger partial charge in [0.05, 0.1) is 17.7 Å². The molecular weight excluding hydrogens is 332 g/mol. The van der Waals surface area contributed by atoms with Crippen molar-refractivity contribution in [2.75, 3.05) is 7.05 Å². The van der Waals surface area contributed by atoms with E-state index in [0.29, 0.717) is 6.54 Å². The molecule has 0 aliphatic carbocycles. The van der Waals surface area contributed by atoms with Crippen LogP contribution in [-0.2, 0) is 17.9 Å². The van der Waals surface area contributed by atoms with Gasteiger partial charge in [-0.2, -0.15) is 5.26 Å².